The summed E-state index contributed by atoms with van der Waals surface area (Å²) in [6, 6.07) is 27.0. The molecule has 168 valence electrons. The minimum atomic E-state index is -3.83. The minimum absolute atomic E-state index is 0.160. The Balaban J connectivity index is 1.69. The fourth-order valence-corrected chi connectivity index (χ4v) is 8.60. The molecule has 1 unspecified atom stereocenters. The highest BCUT2D eigenvalue weighted by Crippen LogP contribution is 2.28. The Morgan fingerprint density at radius 2 is 1.38 bits per heavy atom. The van der Waals surface area contributed by atoms with Gasteiger partial charge in [0.25, 0.3) is 0 Å². The lowest BCUT2D eigenvalue weighted by atomic mass is 10.1. The predicted molar refractivity (Wildman–Crippen MR) is 132 cm³/mol. The maximum atomic E-state index is 13.7. The van der Waals surface area contributed by atoms with Crippen LogP contribution in [0.25, 0.3) is 0 Å². The Bertz CT molecular complexity index is 1230. The number of nitrogens with one attached hydrogen (secondary N) is 1. The van der Waals surface area contributed by atoms with E-state index in [2.05, 4.69) is 5.32 Å². The van der Waals surface area contributed by atoms with Gasteiger partial charge in [-0.2, -0.15) is 4.31 Å². The first-order chi connectivity index (χ1) is 15.4. The summed E-state index contributed by atoms with van der Waals surface area (Å²) in [5.41, 5.74) is 1.95. The van der Waals surface area contributed by atoms with E-state index >= 15 is 0 Å². The van der Waals surface area contributed by atoms with Gasteiger partial charge in [-0.25, -0.2) is 8.42 Å². The summed E-state index contributed by atoms with van der Waals surface area (Å²) < 4.78 is 41.9. The molecule has 0 bridgehead atoms. The molecule has 5 nitrogen and oxygen atoms in total. The van der Waals surface area contributed by atoms with E-state index in [1.54, 1.807) is 30.3 Å². The normalized spacial score (nSPS) is 23.4. The number of hydrogen-bond acceptors (Lipinski definition) is 5. The zero-order valence-corrected chi connectivity index (χ0v) is 20.0. The molecule has 3 aromatic rings. The van der Waals surface area contributed by atoms with Crippen molar-refractivity contribution in [1.29, 1.82) is 0 Å². The lowest BCUT2D eigenvalue weighted by Crippen LogP contribution is -2.51. The zero-order valence-electron chi connectivity index (χ0n) is 17.5. The smallest absolute Gasteiger partial charge is 0.243 e. The average molecular weight is 487 g/mol. The number of rotatable bonds is 8. The molecule has 32 heavy (non-hydrogen) atoms. The van der Waals surface area contributed by atoms with Crippen molar-refractivity contribution in [3.8, 4) is 0 Å². The third-order valence-electron chi connectivity index (χ3n) is 5.63. The maximum absolute atomic E-state index is 13.7. The van der Waals surface area contributed by atoms with Gasteiger partial charge in [-0.3, -0.25) is 4.21 Å². The highest BCUT2D eigenvalue weighted by atomic mass is 32.8. The summed E-state index contributed by atoms with van der Waals surface area (Å²) in [6.07, 6.45) is 0. The molecule has 1 fully saturated rings. The Morgan fingerprint density at radius 3 is 1.97 bits per heavy atom. The molecular weight excluding hydrogens is 460 g/mol. The van der Waals surface area contributed by atoms with Gasteiger partial charge in [-0.1, -0.05) is 78.9 Å². The summed E-state index contributed by atoms with van der Waals surface area (Å²) in [6.45, 7) is 0.745. The van der Waals surface area contributed by atoms with Gasteiger partial charge in [0.15, 0.2) is 0 Å². The first kappa shape index (κ1) is 23.1. The van der Waals surface area contributed by atoms with Gasteiger partial charge < -0.3 is 5.32 Å². The molecule has 0 aromatic heterocycles. The van der Waals surface area contributed by atoms with Crippen LogP contribution >= 0.6 is 0 Å². The van der Waals surface area contributed by atoms with Gasteiger partial charge in [0.1, 0.15) is 0 Å². The molecule has 0 amide bonds. The number of benzene rings is 3. The first-order valence-electron chi connectivity index (χ1n) is 10.4. The third-order valence-corrected chi connectivity index (χ3v) is 10.1. The van der Waals surface area contributed by atoms with Crippen molar-refractivity contribution >= 4 is 29.7 Å². The van der Waals surface area contributed by atoms with E-state index in [4.69, 9.17) is 11.2 Å². The second-order valence-electron chi connectivity index (χ2n) is 7.97. The number of hydrogen-bond donors (Lipinski definition) is 1. The van der Waals surface area contributed by atoms with Gasteiger partial charge in [0.2, 0.25) is 10.0 Å². The molecular formula is C24H26N2O3S3. The predicted octanol–water partition coefficient (Wildman–Crippen LogP) is 3.16. The van der Waals surface area contributed by atoms with Gasteiger partial charge in [0, 0.05) is 39.1 Å². The highest BCUT2D eigenvalue weighted by Gasteiger charge is 2.43. The summed E-state index contributed by atoms with van der Waals surface area (Å²) >= 11 is 5.38. The molecule has 1 aliphatic heterocycles. The Morgan fingerprint density at radius 1 is 0.844 bits per heavy atom. The van der Waals surface area contributed by atoms with Gasteiger partial charge >= 0.3 is 0 Å². The van der Waals surface area contributed by atoms with E-state index in [0.29, 0.717) is 6.54 Å². The van der Waals surface area contributed by atoms with Crippen molar-refractivity contribution in [2.24, 2.45) is 0 Å². The van der Waals surface area contributed by atoms with E-state index in [9.17, 15) is 12.6 Å². The first-order valence-corrected chi connectivity index (χ1v) is 14.7. The quantitative estimate of drug-likeness (QED) is 0.530. The van der Waals surface area contributed by atoms with Crippen LogP contribution in [0.5, 0.6) is 0 Å². The van der Waals surface area contributed by atoms with E-state index in [1.807, 2.05) is 60.7 Å². The van der Waals surface area contributed by atoms with Gasteiger partial charge in [0.05, 0.1) is 10.9 Å². The van der Waals surface area contributed by atoms with Crippen molar-refractivity contribution in [3.63, 3.8) is 0 Å². The van der Waals surface area contributed by atoms with Crippen LogP contribution in [0, 0.1) is 0 Å². The molecule has 1 saturated heterocycles. The van der Waals surface area contributed by atoms with Crippen LogP contribution in [0.2, 0.25) is 0 Å². The monoisotopic (exact) mass is 486 g/mol. The molecule has 3 atom stereocenters. The summed E-state index contributed by atoms with van der Waals surface area (Å²) in [5, 5.41) is 3.44. The second kappa shape index (κ2) is 9.80. The van der Waals surface area contributed by atoms with Crippen LogP contribution in [0.1, 0.15) is 11.1 Å². The standard InChI is InChI=1S/C24H26N2O3S3/c27-31(30)18-23(25-16-20-10-4-1-5-11-20)24(19-31)26(17-21-12-6-2-7-13-21)32(28,29)22-14-8-3-9-15-22/h1-15,23-25H,16-19H2/t23-,24-,31?/m1/s1. The molecule has 1 heterocycles. The largest absolute Gasteiger partial charge is 0.307 e. The van der Waals surface area contributed by atoms with Crippen molar-refractivity contribution in [1.82, 2.24) is 9.62 Å². The Hall–Kier alpha value is -2.10. The maximum Gasteiger partial charge on any atom is 0.243 e. The minimum Gasteiger partial charge on any atom is -0.307 e. The molecule has 1 aliphatic rings. The molecule has 8 heteroatoms. The van der Waals surface area contributed by atoms with Gasteiger partial charge in [-0.15, -0.1) is 0 Å². The van der Waals surface area contributed by atoms with Crippen LogP contribution in [0.4, 0.5) is 0 Å². The van der Waals surface area contributed by atoms with E-state index in [0.717, 1.165) is 11.1 Å². The lowest BCUT2D eigenvalue weighted by molar-refractivity contribution is 0.287. The molecule has 0 aliphatic carbocycles. The lowest BCUT2D eigenvalue weighted by Gasteiger charge is -2.32. The molecule has 3 aromatic carbocycles. The SMILES string of the molecule is O=S(=O)(c1ccccc1)N(Cc1ccccc1)[C@@H]1CS(=O)(=S)C[C@H]1NCc1ccccc1. The van der Waals surface area contributed by atoms with Crippen molar-refractivity contribution in [3.05, 3.63) is 102 Å². The van der Waals surface area contributed by atoms with Gasteiger partial charge in [-0.05, 0) is 34.4 Å². The van der Waals surface area contributed by atoms with E-state index in [-0.39, 0.29) is 29.0 Å². The average Bonchev–Trinajstić information content (AvgIpc) is 3.12. The summed E-state index contributed by atoms with van der Waals surface area (Å²) in [5.74, 6) is 0.434. The Kier molecular flexibility index (Phi) is 7.07. The fourth-order valence-electron chi connectivity index (χ4n) is 4.02. The van der Waals surface area contributed by atoms with Crippen molar-refractivity contribution in [2.45, 2.75) is 30.1 Å². The van der Waals surface area contributed by atoms with Crippen molar-refractivity contribution < 1.29 is 12.6 Å². The third kappa shape index (κ3) is 5.44. The van der Waals surface area contributed by atoms with Crippen molar-refractivity contribution in [2.75, 3.05) is 11.5 Å². The molecule has 0 spiro atoms. The molecule has 0 saturated carbocycles. The zero-order chi connectivity index (χ0) is 22.6. The topological polar surface area (TPSA) is 66.5 Å². The van der Waals surface area contributed by atoms with E-state index in [1.165, 1.54) is 4.31 Å². The number of sulfonamides is 1. The molecule has 4 rings (SSSR count). The second-order valence-corrected chi connectivity index (χ2v) is 13.8. The Labute approximate surface area is 195 Å². The van der Waals surface area contributed by atoms with Crippen LogP contribution in [0.3, 0.4) is 0 Å². The summed E-state index contributed by atoms with van der Waals surface area (Å²) in [7, 11) is -6.39. The highest BCUT2D eigenvalue weighted by molar-refractivity contribution is 8.33. The van der Waals surface area contributed by atoms with Crippen LogP contribution in [0.15, 0.2) is 95.9 Å². The van der Waals surface area contributed by atoms with Crippen LogP contribution in [-0.4, -0.2) is 40.5 Å². The van der Waals surface area contributed by atoms with Crippen LogP contribution < -0.4 is 5.32 Å². The molecule has 1 N–H and O–H groups in total. The van der Waals surface area contributed by atoms with E-state index < -0.39 is 24.6 Å². The molecule has 0 radical (unpaired) electrons. The fraction of sp³-hybridized carbons (Fsp3) is 0.250. The van der Waals surface area contributed by atoms with Crippen LogP contribution in [-0.2, 0) is 42.8 Å². The summed E-state index contributed by atoms with van der Waals surface area (Å²) in [4.78, 5) is 0.223. The number of nitrogens with zero attached hydrogens (tertiary/aromatic N) is 1.